The Labute approximate surface area is 174 Å². The predicted octanol–water partition coefficient (Wildman–Crippen LogP) is 2.47. The highest BCUT2D eigenvalue weighted by molar-refractivity contribution is 6.00. The fraction of sp³-hybridized carbons (Fsp3) is 0.545. The number of aliphatic hydroxyl groups is 1. The summed E-state index contributed by atoms with van der Waals surface area (Å²) in [5, 5.41) is 21.8. The fourth-order valence-corrected chi connectivity index (χ4v) is 5.67. The van der Waals surface area contributed by atoms with E-state index in [2.05, 4.69) is 10.3 Å². The van der Waals surface area contributed by atoms with Crippen molar-refractivity contribution in [2.75, 3.05) is 18.7 Å². The molecular weight excluding hydrogens is 386 g/mol. The number of anilines is 1. The molecule has 0 aromatic heterocycles. The van der Waals surface area contributed by atoms with Crippen LogP contribution in [0, 0.1) is 17.3 Å². The Bertz CT molecular complexity index is 975. The summed E-state index contributed by atoms with van der Waals surface area (Å²) in [6, 6.07) is 7.36. The summed E-state index contributed by atoms with van der Waals surface area (Å²) >= 11 is 0. The highest BCUT2D eigenvalue weighted by Crippen LogP contribution is 2.59. The van der Waals surface area contributed by atoms with Gasteiger partial charge in [-0.1, -0.05) is 12.1 Å². The third-order valence-electron chi connectivity index (χ3n) is 7.72. The normalized spacial score (nSPS) is 41.7. The Balaban J connectivity index is 1.51. The number of carbonyl (C=O) groups excluding carboxylic acids is 2. The van der Waals surface area contributed by atoms with Crippen LogP contribution in [0.4, 0.5) is 5.69 Å². The van der Waals surface area contributed by atoms with Crippen LogP contribution in [0.5, 0.6) is 5.75 Å². The van der Waals surface area contributed by atoms with Crippen molar-refractivity contribution < 1.29 is 24.2 Å². The number of ether oxygens (including phenoxy) is 2. The molecule has 1 spiro atoms. The van der Waals surface area contributed by atoms with Crippen LogP contribution in [0.2, 0.25) is 0 Å². The lowest BCUT2D eigenvalue weighted by molar-refractivity contribution is -0.166. The lowest BCUT2D eigenvalue weighted by atomic mass is 9.63. The smallest absolute Gasteiger partial charge is 0.338 e. The fourth-order valence-electron chi connectivity index (χ4n) is 5.67. The molecule has 1 aromatic carbocycles. The summed E-state index contributed by atoms with van der Waals surface area (Å²) in [4.78, 5) is 26.1. The van der Waals surface area contributed by atoms with Gasteiger partial charge in [0.1, 0.15) is 17.5 Å². The van der Waals surface area contributed by atoms with Crippen molar-refractivity contribution in [1.82, 2.24) is 0 Å². The van der Waals surface area contributed by atoms with Crippen molar-refractivity contribution in [3.05, 3.63) is 36.4 Å². The molecule has 6 atom stereocenters. The largest absolute Gasteiger partial charge is 0.497 e. The van der Waals surface area contributed by atoms with Gasteiger partial charge in [-0.05, 0) is 62.1 Å². The van der Waals surface area contributed by atoms with Crippen LogP contribution in [0.15, 0.2) is 46.8 Å². The predicted molar refractivity (Wildman–Crippen MR) is 107 cm³/mol. The number of fused-ring (bicyclic) bond motifs is 4. The monoisotopic (exact) mass is 411 g/mol. The summed E-state index contributed by atoms with van der Waals surface area (Å²) in [6.45, 7) is 3.90. The summed E-state index contributed by atoms with van der Waals surface area (Å²) < 4.78 is 11.0. The average Bonchev–Trinajstić information content (AvgIpc) is 3.37. The molecule has 8 heteroatoms. The summed E-state index contributed by atoms with van der Waals surface area (Å²) in [5.41, 5.74) is -2.96. The zero-order chi connectivity index (χ0) is 21.3. The number of methoxy groups -OCH3 is 1. The molecule has 0 amide bonds. The van der Waals surface area contributed by atoms with Crippen molar-refractivity contribution in [3.63, 3.8) is 0 Å². The number of ketones is 1. The second-order valence-electron chi connectivity index (χ2n) is 9.01. The molecule has 1 N–H and O–H groups in total. The van der Waals surface area contributed by atoms with Crippen molar-refractivity contribution in [1.29, 1.82) is 0 Å². The van der Waals surface area contributed by atoms with Crippen LogP contribution in [0.1, 0.15) is 26.7 Å². The van der Waals surface area contributed by atoms with E-state index in [1.807, 2.05) is 31.2 Å². The molecule has 2 heterocycles. The first-order valence-corrected chi connectivity index (χ1v) is 10.3. The molecule has 158 valence electrons. The Morgan fingerprint density at radius 2 is 1.97 bits per heavy atom. The van der Waals surface area contributed by atoms with Gasteiger partial charge in [-0.2, -0.15) is 0 Å². The van der Waals surface area contributed by atoms with Crippen molar-refractivity contribution in [2.45, 2.75) is 43.9 Å². The van der Waals surface area contributed by atoms with Gasteiger partial charge in [-0.25, -0.2) is 9.80 Å². The molecule has 0 radical (unpaired) electrons. The standard InChI is InChI=1S/C22H25N3O5/c1-13-4-9-16-18(20(2)17(26)10-11-22(13,20)28)30-19(27)21(16)12-25(24-23-21)14-5-7-15(29-3)8-6-14/h5-8,10-11,13,16,18,28H,4,9,12H2,1-3H3/t13-,16?,18?,20-,21?,22+/m0/s1. The molecule has 4 aliphatic rings. The zero-order valence-electron chi connectivity index (χ0n) is 17.2. The van der Waals surface area contributed by atoms with Gasteiger partial charge in [0.05, 0.1) is 24.8 Å². The van der Waals surface area contributed by atoms with Gasteiger partial charge < -0.3 is 14.6 Å². The van der Waals surface area contributed by atoms with Crippen LogP contribution in [-0.4, -0.2) is 47.8 Å². The number of carbonyl (C=O) groups is 2. The molecular formula is C22H25N3O5. The third-order valence-corrected chi connectivity index (χ3v) is 7.72. The molecule has 2 aliphatic carbocycles. The number of nitrogens with zero attached hydrogens (tertiary/aromatic N) is 3. The quantitative estimate of drug-likeness (QED) is 0.751. The highest BCUT2D eigenvalue weighted by atomic mass is 16.6. The van der Waals surface area contributed by atoms with Gasteiger partial charge in [-0.15, -0.1) is 5.11 Å². The SMILES string of the molecule is COc1ccc(N2CC3(N=N2)C(=O)OC2C3CC[C@H](C)[C@]3(O)C=CC(=O)[C@@]23C)cc1. The van der Waals surface area contributed by atoms with Crippen LogP contribution < -0.4 is 9.75 Å². The van der Waals surface area contributed by atoms with Gasteiger partial charge in [0.25, 0.3) is 0 Å². The topological polar surface area (TPSA) is 101 Å². The summed E-state index contributed by atoms with van der Waals surface area (Å²) in [7, 11) is 1.60. The lowest BCUT2D eigenvalue weighted by Gasteiger charge is -2.43. The number of hydrogen-bond donors (Lipinski definition) is 1. The number of allylic oxidation sites excluding steroid dienone is 1. The summed E-state index contributed by atoms with van der Waals surface area (Å²) in [5.74, 6) is -0.456. The molecule has 3 unspecified atom stereocenters. The van der Waals surface area contributed by atoms with E-state index in [1.165, 1.54) is 6.08 Å². The van der Waals surface area contributed by atoms with Crippen LogP contribution >= 0.6 is 0 Å². The van der Waals surface area contributed by atoms with Crippen LogP contribution in [-0.2, 0) is 14.3 Å². The molecule has 0 bridgehead atoms. The van der Waals surface area contributed by atoms with Crippen molar-refractivity contribution in [2.24, 2.45) is 27.6 Å². The first kappa shape index (κ1) is 19.2. The molecule has 8 nitrogen and oxygen atoms in total. The molecule has 5 rings (SSSR count). The lowest BCUT2D eigenvalue weighted by Crippen LogP contribution is -2.57. The Kier molecular flexibility index (Phi) is 3.93. The molecule has 2 aliphatic heterocycles. The zero-order valence-corrected chi connectivity index (χ0v) is 17.2. The first-order chi connectivity index (χ1) is 14.3. The molecule has 1 aromatic rings. The van der Waals surface area contributed by atoms with E-state index in [-0.39, 0.29) is 24.2 Å². The first-order valence-electron chi connectivity index (χ1n) is 10.3. The third kappa shape index (κ3) is 2.20. The maximum Gasteiger partial charge on any atom is 0.338 e. The van der Waals surface area contributed by atoms with Crippen molar-refractivity contribution in [3.8, 4) is 5.75 Å². The van der Waals surface area contributed by atoms with Crippen molar-refractivity contribution >= 4 is 17.4 Å². The van der Waals surface area contributed by atoms with E-state index < -0.39 is 28.6 Å². The number of rotatable bonds is 2. The Hall–Kier alpha value is -2.74. The Morgan fingerprint density at radius 3 is 2.67 bits per heavy atom. The van der Waals surface area contributed by atoms with Gasteiger partial charge in [-0.3, -0.25) is 4.79 Å². The maximum atomic E-state index is 13.1. The van der Waals surface area contributed by atoms with Crippen LogP contribution in [0.25, 0.3) is 0 Å². The van der Waals surface area contributed by atoms with Gasteiger partial charge in [0, 0.05) is 5.92 Å². The second kappa shape index (κ2) is 6.14. The van der Waals surface area contributed by atoms with E-state index in [9.17, 15) is 14.7 Å². The number of benzene rings is 1. The van der Waals surface area contributed by atoms with E-state index >= 15 is 0 Å². The summed E-state index contributed by atoms with van der Waals surface area (Å²) in [6.07, 6.45) is 3.53. The minimum Gasteiger partial charge on any atom is -0.497 e. The minimum atomic E-state index is -1.35. The number of esters is 1. The number of hydrogen-bond acceptors (Lipinski definition) is 8. The van der Waals surface area contributed by atoms with E-state index in [0.717, 1.165) is 11.4 Å². The minimum absolute atomic E-state index is 0.150. The van der Waals surface area contributed by atoms with Crippen LogP contribution in [0.3, 0.4) is 0 Å². The maximum absolute atomic E-state index is 13.1. The highest BCUT2D eigenvalue weighted by Gasteiger charge is 2.72. The Morgan fingerprint density at radius 1 is 1.23 bits per heavy atom. The molecule has 1 saturated heterocycles. The van der Waals surface area contributed by atoms with E-state index in [4.69, 9.17) is 9.47 Å². The van der Waals surface area contributed by atoms with Gasteiger partial charge >= 0.3 is 5.97 Å². The molecule has 30 heavy (non-hydrogen) atoms. The van der Waals surface area contributed by atoms with E-state index in [0.29, 0.717) is 12.8 Å². The van der Waals surface area contributed by atoms with Gasteiger partial charge in [0.15, 0.2) is 5.78 Å². The second-order valence-corrected chi connectivity index (χ2v) is 9.01. The molecule has 1 saturated carbocycles. The van der Waals surface area contributed by atoms with Gasteiger partial charge in [0.2, 0.25) is 5.54 Å². The van der Waals surface area contributed by atoms with E-state index in [1.54, 1.807) is 25.1 Å². The molecule has 2 fully saturated rings. The average molecular weight is 411 g/mol.